The lowest BCUT2D eigenvalue weighted by Gasteiger charge is -2.17. The molecule has 1 atom stereocenters. The van der Waals surface area contributed by atoms with Crippen molar-refractivity contribution in [2.24, 2.45) is 5.84 Å². The van der Waals surface area contributed by atoms with Gasteiger partial charge in [0.05, 0.1) is 0 Å². The van der Waals surface area contributed by atoms with Gasteiger partial charge in [-0.15, -0.1) is 0 Å². The van der Waals surface area contributed by atoms with Gasteiger partial charge in [0.15, 0.2) is 0 Å². The van der Waals surface area contributed by atoms with Gasteiger partial charge in [-0.05, 0) is 36.5 Å². The van der Waals surface area contributed by atoms with Crippen LogP contribution in [0.3, 0.4) is 0 Å². The Kier molecular flexibility index (Phi) is 4.72. The molecule has 2 aromatic rings. The van der Waals surface area contributed by atoms with Gasteiger partial charge in [0.1, 0.15) is 0 Å². The fraction of sp³-hybridized carbons (Fsp3) is 0.294. The van der Waals surface area contributed by atoms with E-state index in [4.69, 9.17) is 5.84 Å². The zero-order valence-corrected chi connectivity index (χ0v) is 11.7. The summed E-state index contributed by atoms with van der Waals surface area (Å²) in [6, 6.07) is 17.4. The van der Waals surface area contributed by atoms with Gasteiger partial charge in [-0.1, -0.05) is 61.0 Å². The molecule has 100 valence electrons. The predicted molar refractivity (Wildman–Crippen MR) is 80.8 cm³/mol. The molecule has 0 heterocycles. The van der Waals surface area contributed by atoms with Crippen molar-refractivity contribution in [3.63, 3.8) is 0 Å². The second-order valence-corrected chi connectivity index (χ2v) is 5.01. The number of hydrazine groups is 1. The molecule has 19 heavy (non-hydrogen) atoms. The van der Waals surface area contributed by atoms with Crippen molar-refractivity contribution in [3.8, 4) is 0 Å². The highest BCUT2D eigenvalue weighted by atomic mass is 15.2. The Morgan fingerprint density at radius 1 is 1.05 bits per heavy atom. The molecule has 3 N–H and O–H groups in total. The Morgan fingerprint density at radius 3 is 2.42 bits per heavy atom. The molecular formula is C17H22N2. The fourth-order valence-electron chi connectivity index (χ4n) is 2.26. The molecule has 1 unspecified atom stereocenters. The average Bonchev–Trinajstić information content (AvgIpc) is 2.46. The highest BCUT2D eigenvalue weighted by Crippen LogP contribution is 2.19. The summed E-state index contributed by atoms with van der Waals surface area (Å²) in [4.78, 5) is 0. The topological polar surface area (TPSA) is 38.0 Å². The van der Waals surface area contributed by atoms with E-state index in [0.29, 0.717) is 0 Å². The zero-order chi connectivity index (χ0) is 13.7. The number of rotatable bonds is 5. The Hall–Kier alpha value is -1.64. The van der Waals surface area contributed by atoms with Crippen LogP contribution in [0.2, 0.25) is 0 Å². The largest absolute Gasteiger partial charge is 0.271 e. The van der Waals surface area contributed by atoms with Crippen molar-refractivity contribution in [1.29, 1.82) is 0 Å². The third-order valence-electron chi connectivity index (χ3n) is 3.52. The number of nitrogens with one attached hydrogen (secondary N) is 1. The molecule has 0 radical (unpaired) electrons. The normalized spacial score (nSPS) is 12.4. The van der Waals surface area contributed by atoms with E-state index >= 15 is 0 Å². The summed E-state index contributed by atoms with van der Waals surface area (Å²) in [5.74, 6) is 5.72. The van der Waals surface area contributed by atoms with Gasteiger partial charge in [-0.3, -0.25) is 11.3 Å². The van der Waals surface area contributed by atoms with E-state index in [1.165, 1.54) is 22.3 Å². The fourth-order valence-corrected chi connectivity index (χ4v) is 2.26. The van der Waals surface area contributed by atoms with Crippen molar-refractivity contribution in [2.45, 2.75) is 32.7 Å². The van der Waals surface area contributed by atoms with Gasteiger partial charge in [0.25, 0.3) is 0 Å². The standard InChI is InChI=1S/C17H22N2/c1-3-14-5-4-6-16(11-14)17(19-18)12-15-9-7-13(2)8-10-15/h4-11,17,19H,3,12,18H2,1-2H3. The molecule has 2 nitrogen and oxygen atoms in total. The van der Waals surface area contributed by atoms with Gasteiger partial charge in [-0.25, -0.2) is 0 Å². The number of hydrogen-bond donors (Lipinski definition) is 2. The van der Waals surface area contributed by atoms with Crippen molar-refractivity contribution in [1.82, 2.24) is 5.43 Å². The Morgan fingerprint density at radius 2 is 1.79 bits per heavy atom. The minimum absolute atomic E-state index is 0.161. The molecule has 0 aliphatic carbocycles. The summed E-state index contributed by atoms with van der Waals surface area (Å²) < 4.78 is 0. The van der Waals surface area contributed by atoms with Crippen molar-refractivity contribution in [3.05, 3.63) is 70.8 Å². The van der Waals surface area contributed by atoms with Crippen molar-refractivity contribution in [2.75, 3.05) is 0 Å². The Bertz CT molecular complexity index is 517. The van der Waals surface area contributed by atoms with Gasteiger partial charge < -0.3 is 0 Å². The minimum atomic E-state index is 0.161. The third-order valence-corrected chi connectivity index (χ3v) is 3.52. The average molecular weight is 254 g/mol. The molecule has 0 bridgehead atoms. The first-order valence-corrected chi connectivity index (χ1v) is 6.83. The molecule has 2 rings (SSSR count). The Labute approximate surface area is 115 Å². The van der Waals surface area contributed by atoms with Crippen molar-refractivity contribution >= 4 is 0 Å². The van der Waals surface area contributed by atoms with E-state index in [-0.39, 0.29) is 6.04 Å². The van der Waals surface area contributed by atoms with E-state index in [2.05, 4.69) is 67.8 Å². The van der Waals surface area contributed by atoms with Gasteiger partial charge in [-0.2, -0.15) is 0 Å². The summed E-state index contributed by atoms with van der Waals surface area (Å²) in [6.07, 6.45) is 1.96. The summed E-state index contributed by atoms with van der Waals surface area (Å²) in [5, 5.41) is 0. The van der Waals surface area contributed by atoms with Crippen LogP contribution in [0.5, 0.6) is 0 Å². The van der Waals surface area contributed by atoms with Crippen LogP contribution in [0, 0.1) is 6.92 Å². The maximum atomic E-state index is 5.72. The lowest BCUT2D eigenvalue weighted by molar-refractivity contribution is 0.551. The smallest absolute Gasteiger partial charge is 0.0500 e. The van der Waals surface area contributed by atoms with E-state index < -0.39 is 0 Å². The SMILES string of the molecule is CCc1cccc(C(Cc2ccc(C)cc2)NN)c1. The molecule has 0 fully saturated rings. The van der Waals surface area contributed by atoms with Gasteiger partial charge in [0.2, 0.25) is 0 Å². The predicted octanol–water partition coefficient (Wildman–Crippen LogP) is 3.30. The number of nitrogens with two attached hydrogens (primary N) is 1. The zero-order valence-electron chi connectivity index (χ0n) is 11.7. The van der Waals surface area contributed by atoms with Crippen LogP contribution in [-0.2, 0) is 12.8 Å². The van der Waals surface area contributed by atoms with Gasteiger partial charge in [0, 0.05) is 6.04 Å². The summed E-state index contributed by atoms with van der Waals surface area (Å²) in [6.45, 7) is 4.27. The highest BCUT2D eigenvalue weighted by molar-refractivity contribution is 5.29. The van der Waals surface area contributed by atoms with Crippen LogP contribution in [0.4, 0.5) is 0 Å². The van der Waals surface area contributed by atoms with E-state index in [0.717, 1.165) is 12.8 Å². The van der Waals surface area contributed by atoms with Crippen LogP contribution in [-0.4, -0.2) is 0 Å². The number of benzene rings is 2. The van der Waals surface area contributed by atoms with E-state index in [9.17, 15) is 0 Å². The van der Waals surface area contributed by atoms with Crippen LogP contribution in [0.25, 0.3) is 0 Å². The number of aryl methyl sites for hydroxylation is 2. The second-order valence-electron chi connectivity index (χ2n) is 5.01. The molecule has 2 aromatic carbocycles. The monoisotopic (exact) mass is 254 g/mol. The quantitative estimate of drug-likeness (QED) is 0.634. The van der Waals surface area contributed by atoms with Gasteiger partial charge >= 0.3 is 0 Å². The molecule has 0 saturated heterocycles. The lowest BCUT2D eigenvalue weighted by Crippen LogP contribution is -2.29. The van der Waals surface area contributed by atoms with Crippen molar-refractivity contribution < 1.29 is 0 Å². The van der Waals surface area contributed by atoms with E-state index in [1.54, 1.807) is 0 Å². The first-order valence-electron chi connectivity index (χ1n) is 6.83. The Balaban J connectivity index is 2.17. The van der Waals surface area contributed by atoms with Crippen LogP contribution in [0.15, 0.2) is 48.5 Å². The first-order chi connectivity index (χ1) is 9.22. The molecular weight excluding hydrogens is 232 g/mol. The molecule has 0 amide bonds. The van der Waals surface area contributed by atoms with Crippen LogP contribution in [0.1, 0.15) is 35.2 Å². The lowest BCUT2D eigenvalue weighted by atomic mass is 9.97. The maximum Gasteiger partial charge on any atom is 0.0500 e. The van der Waals surface area contributed by atoms with Crippen LogP contribution >= 0.6 is 0 Å². The molecule has 0 aromatic heterocycles. The van der Waals surface area contributed by atoms with Crippen LogP contribution < -0.4 is 11.3 Å². The first kappa shape index (κ1) is 13.8. The highest BCUT2D eigenvalue weighted by Gasteiger charge is 2.10. The number of hydrogen-bond acceptors (Lipinski definition) is 2. The third kappa shape index (κ3) is 3.66. The molecule has 2 heteroatoms. The summed E-state index contributed by atoms with van der Waals surface area (Å²) in [5.41, 5.74) is 8.12. The summed E-state index contributed by atoms with van der Waals surface area (Å²) in [7, 11) is 0. The molecule has 0 spiro atoms. The minimum Gasteiger partial charge on any atom is -0.271 e. The van der Waals surface area contributed by atoms with E-state index in [1.807, 2.05) is 0 Å². The molecule has 0 aliphatic rings. The second kappa shape index (κ2) is 6.50. The molecule has 0 saturated carbocycles. The molecule has 0 aliphatic heterocycles. The summed E-state index contributed by atoms with van der Waals surface area (Å²) >= 11 is 0. The maximum absolute atomic E-state index is 5.72.